The lowest BCUT2D eigenvalue weighted by Crippen LogP contribution is -2.56. The third-order valence-corrected chi connectivity index (χ3v) is 9.14. The molecule has 4 saturated carbocycles. The molecule has 0 aromatic heterocycles. The topological polar surface area (TPSA) is 57.5 Å². The van der Waals surface area contributed by atoms with Crippen LogP contribution in [0.2, 0.25) is 0 Å². The van der Waals surface area contributed by atoms with Gasteiger partial charge in [-0.15, -0.1) is 0 Å². The van der Waals surface area contributed by atoms with Crippen molar-refractivity contribution in [2.24, 2.45) is 40.4 Å². The Kier molecular flexibility index (Phi) is 3.93. The van der Waals surface area contributed by atoms with Crippen molar-refractivity contribution in [3.05, 3.63) is 0 Å². The molecule has 3 heteroatoms. The summed E-state index contributed by atoms with van der Waals surface area (Å²) in [4.78, 5) is 12.6. The number of hydrogen-bond donors (Lipinski definition) is 2. The number of Topliss-reactive ketones (excluding diaryl/α,β-unsaturated/α-hetero) is 1. The largest absolute Gasteiger partial charge is 0.390 e. The third-order valence-electron chi connectivity index (χ3n) is 9.14. The molecule has 0 radical (unpaired) electrons. The number of aliphatic hydroxyl groups excluding tert-OH is 2. The molecule has 0 aliphatic heterocycles. The first-order chi connectivity index (χ1) is 11.3. The minimum Gasteiger partial charge on any atom is -0.390 e. The minimum atomic E-state index is -0.563. The number of hydrogen-bond acceptors (Lipinski definition) is 3. The van der Waals surface area contributed by atoms with Gasteiger partial charge in [-0.25, -0.2) is 0 Å². The van der Waals surface area contributed by atoms with E-state index in [2.05, 4.69) is 20.8 Å². The minimum absolute atomic E-state index is 0.149. The predicted octanol–water partition coefficient (Wildman–Crippen LogP) is 3.57. The van der Waals surface area contributed by atoms with E-state index < -0.39 is 12.2 Å². The molecule has 4 fully saturated rings. The van der Waals surface area contributed by atoms with E-state index in [0.717, 1.165) is 25.7 Å². The van der Waals surface area contributed by atoms with E-state index >= 15 is 0 Å². The van der Waals surface area contributed by atoms with Gasteiger partial charge in [0.2, 0.25) is 0 Å². The summed E-state index contributed by atoms with van der Waals surface area (Å²) in [5.41, 5.74) is 0.360. The maximum absolute atomic E-state index is 12.6. The fraction of sp³-hybridized carbons (Fsp3) is 0.952. The quantitative estimate of drug-likeness (QED) is 0.771. The molecule has 3 nitrogen and oxygen atoms in total. The van der Waals surface area contributed by atoms with E-state index in [-0.39, 0.29) is 16.7 Å². The molecule has 24 heavy (non-hydrogen) atoms. The summed E-state index contributed by atoms with van der Waals surface area (Å²) in [6.45, 7) is 6.94. The first-order valence-corrected chi connectivity index (χ1v) is 10.2. The summed E-state index contributed by atoms with van der Waals surface area (Å²) < 4.78 is 0. The molecular formula is C21H34O3. The Morgan fingerprint density at radius 3 is 2.50 bits per heavy atom. The highest BCUT2D eigenvalue weighted by Gasteiger charge is 2.62. The van der Waals surface area contributed by atoms with Crippen LogP contribution in [0.15, 0.2) is 0 Å². The van der Waals surface area contributed by atoms with Gasteiger partial charge in [0, 0.05) is 12.3 Å². The van der Waals surface area contributed by atoms with Crippen LogP contribution in [0.25, 0.3) is 0 Å². The second-order valence-corrected chi connectivity index (χ2v) is 9.91. The molecule has 2 N–H and O–H groups in total. The number of carbonyl (C=O) groups excluding carboxylic acids is 1. The standard InChI is InChI=1S/C21H34O3/c1-4-14-17(22)10-16-13-6-5-12-9-18(23)19(24)11-21(12,3)15(13)7-8-20(14,16)2/h12-16,18-19,23-24H,4-11H2,1-3H3/t12?,13-,14+,15+,16+,18-,19-,20-,21+/m1/s1. The fourth-order valence-electron chi connectivity index (χ4n) is 7.86. The Morgan fingerprint density at radius 2 is 1.79 bits per heavy atom. The van der Waals surface area contributed by atoms with Crippen LogP contribution in [-0.4, -0.2) is 28.2 Å². The Labute approximate surface area is 146 Å². The Hall–Kier alpha value is -0.410. The van der Waals surface area contributed by atoms with Crippen LogP contribution < -0.4 is 0 Å². The van der Waals surface area contributed by atoms with Gasteiger partial charge in [0.25, 0.3) is 0 Å². The second-order valence-electron chi connectivity index (χ2n) is 9.91. The summed E-state index contributed by atoms with van der Waals surface area (Å²) in [6.07, 6.45) is 6.96. The Morgan fingerprint density at radius 1 is 1.04 bits per heavy atom. The van der Waals surface area contributed by atoms with Crippen LogP contribution in [0, 0.1) is 40.4 Å². The van der Waals surface area contributed by atoms with E-state index in [4.69, 9.17) is 0 Å². The van der Waals surface area contributed by atoms with E-state index in [1.807, 2.05) is 0 Å². The summed E-state index contributed by atoms with van der Waals surface area (Å²) in [5, 5.41) is 20.5. The lowest BCUT2D eigenvalue weighted by atomic mass is 9.44. The highest BCUT2D eigenvalue weighted by atomic mass is 16.3. The van der Waals surface area contributed by atoms with Gasteiger partial charge >= 0.3 is 0 Å². The van der Waals surface area contributed by atoms with Gasteiger partial charge in [0.1, 0.15) is 5.78 Å². The molecule has 0 amide bonds. The van der Waals surface area contributed by atoms with Gasteiger partial charge in [0.15, 0.2) is 0 Å². The van der Waals surface area contributed by atoms with Crippen LogP contribution in [0.4, 0.5) is 0 Å². The molecule has 0 aromatic carbocycles. The molecule has 0 spiro atoms. The number of fused-ring (bicyclic) bond motifs is 5. The molecule has 136 valence electrons. The fourth-order valence-corrected chi connectivity index (χ4v) is 7.86. The predicted molar refractivity (Wildman–Crippen MR) is 93.3 cm³/mol. The maximum Gasteiger partial charge on any atom is 0.136 e. The van der Waals surface area contributed by atoms with E-state index in [0.29, 0.717) is 29.5 Å². The van der Waals surface area contributed by atoms with Crippen molar-refractivity contribution in [1.29, 1.82) is 0 Å². The molecule has 4 aliphatic rings. The number of ketones is 1. The molecule has 4 aliphatic carbocycles. The van der Waals surface area contributed by atoms with Crippen molar-refractivity contribution in [3.8, 4) is 0 Å². The molecular weight excluding hydrogens is 300 g/mol. The molecule has 9 atom stereocenters. The van der Waals surface area contributed by atoms with Crippen LogP contribution in [-0.2, 0) is 4.79 Å². The lowest BCUT2D eigenvalue weighted by molar-refractivity contribution is -0.159. The first-order valence-electron chi connectivity index (χ1n) is 10.2. The summed E-state index contributed by atoms with van der Waals surface area (Å²) >= 11 is 0. The molecule has 0 heterocycles. The van der Waals surface area contributed by atoms with Gasteiger partial charge < -0.3 is 10.2 Å². The average molecular weight is 335 g/mol. The maximum atomic E-state index is 12.6. The number of rotatable bonds is 1. The van der Waals surface area contributed by atoms with E-state index in [1.165, 1.54) is 25.7 Å². The number of aliphatic hydroxyl groups is 2. The van der Waals surface area contributed by atoms with Gasteiger partial charge in [-0.3, -0.25) is 4.79 Å². The number of carbonyl (C=O) groups is 1. The average Bonchev–Trinajstić information content (AvgIpc) is 2.78. The molecule has 4 rings (SSSR count). The van der Waals surface area contributed by atoms with Crippen molar-refractivity contribution in [2.75, 3.05) is 0 Å². The van der Waals surface area contributed by atoms with Crippen LogP contribution in [0.3, 0.4) is 0 Å². The Bertz CT molecular complexity index is 531. The van der Waals surface area contributed by atoms with Gasteiger partial charge in [-0.05, 0) is 79.4 Å². The van der Waals surface area contributed by atoms with Gasteiger partial charge in [-0.1, -0.05) is 20.8 Å². The van der Waals surface area contributed by atoms with E-state index in [9.17, 15) is 15.0 Å². The molecule has 0 saturated heterocycles. The summed E-state index contributed by atoms with van der Waals surface area (Å²) in [5.74, 6) is 3.15. The first kappa shape index (κ1) is 17.0. The third kappa shape index (κ3) is 2.13. The monoisotopic (exact) mass is 334 g/mol. The molecule has 0 bridgehead atoms. The zero-order valence-corrected chi connectivity index (χ0v) is 15.5. The summed E-state index contributed by atoms with van der Waals surface area (Å²) in [7, 11) is 0. The molecule has 0 aromatic rings. The van der Waals surface area contributed by atoms with Crippen LogP contribution >= 0.6 is 0 Å². The van der Waals surface area contributed by atoms with Crippen molar-refractivity contribution in [3.63, 3.8) is 0 Å². The van der Waals surface area contributed by atoms with Crippen LogP contribution in [0.1, 0.15) is 72.1 Å². The molecule has 1 unspecified atom stereocenters. The van der Waals surface area contributed by atoms with Crippen molar-refractivity contribution >= 4 is 5.78 Å². The van der Waals surface area contributed by atoms with Crippen LogP contribution in [0.5, 0.6) is 0 Å². The normalized spacial score (nSPS) is 57.2. The van der Waals surface area contributed by atoms with Gasteiger partial charge in [0.05, 0.1) is 12.2 Å². The van der Waals surface area contributed by atoms with Crippen molar-refractivity contribution in [1.82, 2.24) is 0 Å². The lowest BCUT2D eigenvalue weighted by Gasteiger charge is -2.61. The zero-order chi connectivity index (χ0) is 17.3. The van der Waals surface area contributed by atoms with Gasteiger partial charge in [-0.2, -0.15) is 0 Å². The van der Waals surface area contributed by atoms with Crippen molar-refractivity contribution in [2.45, 2.75) is 84.3 Å². The Balaban J connectivity index is 1.64. The zero-order valence-electron chi connectivity index (χ0n) is 15.5. The summed E-state index contributed by atoms with van der Waals surface area (Å²) in [6, 6.07) is 0. The highest BCUT2D eigenvalue weighted by molar-refractivity contribution is 5.84. The highest BCUT2D eigenvalue weighted by Crippen LogP contribution is 2.67. The SMILES string of the molecule is CC[C@H]1C(=O)C[C@H]2[C@@H]3CCC4C[C@@H](O)[C@H](O)C[C@]4(C)[C@H]3CC[C@]12C. The van der Waals surface area contributed by atoms with Crippen molar-refractivity contribution < 1.29 is 15.0 Å². The smallest absolute Gasteiger partial charge is 0.136 e. The van der Waals surface area contributed by atoms with E-state index in [1.54, 1.807) is 0 Å². The second kappa shape index (κ2) is 5.54.